The van der Waals surface area contributed by atoms with Crippen molar-refractivity contribution in [1.29, 1.82) is 0 Å². The zero-order valence-corrected chi connectivity index (χ0v) is 13.1. The fourth-order valence-electron chi connectivity index (χ4n) is 2.63. The van der Waals surface area contributed by atoms with Crippen molar-refractivity contribution in [2.75, 3.05) is 6.54 Å². The average molecular weight is 325 g/mol. The van der Waals surface area contributed by atoms with Crippen molar-refractivity contribution >= 4 is 22.7 Å². The summed E-state index contributed by atoms with van der Waals surface area (Å²) < 4.78 is 15.0. The summed E-state index contributed by atoms with van der Waals surface area (Å²) in [5.74, 6) is -0.768. The van der Waals surface area contributed by atoms with E-state index in [9.17, 15) is 14.0 Å². The number of pyridine rings is 1. The Morgan fingerprint density at radius 3 is 2.79 bits per heavy atom. The third-order valence-electron chi connectivity index (χ3n) is 3.77. The molecule has 0 aliphatic rings. The minimum absolute atomic E-state index is 0.143. The van der Waals surface area contributed by atoms with Gasteiger partial charge in [-0.1, -0.05) is 6.07 Å². The van der Waals surface area contributed by atoms with E-state index in [0.717, 1.165) is 5.56 Å². The molecule has 5 nitrogen and oxygen atoms in total. The molecule has 0 radical (unpaired) electrons. The minimum Gasteiger partial charge on any atom is -0.350 e. The lowest BCUT2D eigenvalue weighted by Gasteiger charge is -2.04. The molecule has 0 saturated carbocycles. The number of nitrogens with zero attached hydrogens (tertiary/aromatic N) is 2. The van der Waals surface area contributed by atoms with Crippen LogP contribution in [0.2, 0.25) is 0 Å². The summed E-state index contributed by atoms with van der Waals surface area (Å²) in [7, 11) is 0. The second-order valence-corrected chi connectivity index (χ2v) is 5.43. The first-order chi connectivity index (χ1) is 11.6. The number of fused-ring (bicyclic) bond motifs is 1. The van der Waals surface area contributed by atoms with E-state index >= 15 is 0 Å². The molecule has 0 atom stereocenters. The third kappa shape index (κ3) is 3.17. The molecule has 0 aliphatic carbocycles. The zero-order chi connectivity index (χ0) is 17.1. The molecule has 0 bridgehead atoms. The summed E-state index contributed by atoms with van der Waals surface area (Å²) in [6, 6.07) is 9.43. The van der Waals surface area contributed by atoms with E-state index < -0.39 is 0 Å². The number of hydrogen-bond donors (Lipinski definition) is 1. The molecule has 1 amide bonds. The van der Waals surface area contributed by atoms with Gasteiger partial charge in [-0.05, 0) is 42.3 Å². The summed E-state index contributed by atoms with van der Waals surface area (Å²) >= 11 is 0. The van der Waals surface area contributed by atoms with Crippen molar-refractivity contribution in [1.82, 2.24) is 14.9 Å². The second-order valence-electron chi connectivity index (χ2n) is 5.43. The summed E-state index contributed by atoms with van der Waals surface area (Å²) in [6.07, 6.45) is 3.73. The van der Waals surface area contributed by atoms with Crippen molar-refractivity contribution in [3.05, 3.63) is 65.9 Å². The number of aromatic nitrogens is 2. The molecule has 0 saturated heterocycles. The first kappa shape index (κ1) is 15.9. The topological polar surface area (TPSA) is 64.0 Å². The van der Waals surface area contributed by atoms with Crippen LogP contribution in [0.25, 0.3) is 10.9 Å². The molecular weight excluding hydrogens is 309 g/mol. The summed E-state index contributed by atoms with van der Waals surface area (Å²) in [6.45, 7) is 1.82. The van der Waals surface area contributed by atoms with Crippen LogP contribution in [0.4, 0.5) is 4.39 Å². The highest BCUT2D eigenvalue weighted by molar-refractivity contribution is 5.94. The van der Waals surface area contributed by atoms with E-state index in [-0.39, 0.29) is 17.6 Å². The fourth-order valence-corrected chi connectivity index (χ4v) is 2.63. The maximum atomic E-state index is 13.5. The number of carbonyl (C=O) groups is 2. The van der Waals surface area contributed by atoms with Crippen LogP contribution in [0.3, 0.4) is 0 Å². The summed E-state index contributed by atoms with van der Waals surface area (Å²) in [5, 5.41) is 3.45. The highest BCUT2D eigenvalue weighted by atomic mass is 19.1. The van der Waals surface area contributed by atoms with E-state index in [1.165, 1.54) is 23.6 Å². The lowest BCUT2D eigenvalue weighted by atomic mass is 10.1. The van der Waals surface area contributed by atoms with Gasteiger partial charge in [-0.3, -0.25) is 19.1 Å². The predicted molar refractivity (Wildman–Crippen MR) is 88.5 cm³/mol. The molecule has 2 aromatic heterocycles. The molecular formula is C18H16FN3O2. The number of halogens is 1. The number of nitrogens with one attached hydrogen (secondary N) is 1. The van der Waals surface area contributed by atoms with Crippen molar-refractivity contribution in [2.24, 2.45) is 0 Å². The van der Waals surface area contributed by atoms with Gasteiger partial charge < -0.3 is 5.32 Å². The Balaban J connectivity index is 1.77. The third-order valence-corrected chi connectivity index (χ3v) is 3.77. The van der Waals surface area contributed by atoms with Gasteiger partial charge in [0.25, 0.3) is 5.91 Å². The van der Waals surface area contributed by atoms with Crippen LogP contribution >= 0.6 is 0 Å². The van der Waals surface area contributed by atoms with Crippen LogP contribution in [0.5, 0.6) is 0 Å². The largest absolute Gasteiger partial charge is 0.350 e. The Morgan fingerprint density at radius 1 is 1.25 bits per heavy atom. The summed E-state index contributed by atoms with van der Waals surface area (Å²) in [4.78, 5) is 27.7. The normalized spacial score (nSPS) is 10.8. The molecule has 3 rings (SSSR count). The molecule has 1 N–H and O–H groups in total. The fraction of sp³-hybridized carbons (Fsp3) is 0.167. The number of rotatable bonds is 4. The molecule has 122 valence electrons. The maximum absolute atomic E-state index is 13.5. The molecule has 0 fully saturated rings. The van der Waals surface area contributed by atoms with Gasteiger partial charge in [0.1, 0.15) is 11.5 Å². The van der Waals surface area contributed by atoms with Gasteiger partial charge in [0.15, 0.2) is 0 Å². The smallest absolute Gasteiger partial charge is 0.269 e. The number of benzene rings is 1. The van der Waals surface area contributed by atoms with Gasteiger partial charge in [0.05, 0.1) is 5.52 Å². The predicted octanol–water partition coefficient (Wildman–Crippen LogP) is 2.81. The second kappa shape index (κ2) is 6.62. The average Bonchev–Trinajstić information content (AvgIpc) is 2.94. The molecule has 6 heteroatoms. The van der Waals surface area contributed by atoms with E-state index in [1.54, 1.807) is 36.7 Å². The van der Waals surface area contributed by atoms with Crippen molar-refractivity contribution in [3.8, 4) is 0 Å². The Hall–Kier alpha value is -3.02. The Labute approximate surface area is 138 Å². The molecule has 0 unspecified atom stereocenters. The van der Waals surface area contributed by atoms with Gasteiger partial charge >= 0.3 is 0 Å². The van der Waals surface area contributed by atoms with Crippen LogP contribution in [-0.4, -0.2) is 27.9 Å². The molecule has 0 spiro atoms. The van der Waals surface area contributed by atoms with Crippen LogP contribution in [0.1, 0.15) is 27.8 Å². The first-order valence-corrected chi connectivity index (χ1v) is 7.56. The molecule has 2 heterocycles. The SMILES string of the molecule is CC(=O)n1cc(CCNC(=O)c2ccccn2)c2cc(F)ccc21. The van der Waals surface area contributed by atoms with Crippen LogP contribution in [-0.2, 0) is 6.42 Å². The molecule has 0 aliphatic heterocycles. The number of carbonyl (C=O) groups excluding carboxylic acids is 2. The van der Waals surface area contributed by atoms with Gasteiger partial charge in [-0.2, -0.15) is 0 Å². The van der Waals surface area contributed by atoms with Crippen molar-refractivity contribution in [2.45, 2.75) is 13.3 Å². The lowest BCUT2D eigenvalue weighted by Crippen LogP contribution is -2.26. The van der Waals surface area contributed by atoms with E-state index in [4.69, 9.17) is 0 Å². The Morgan fingerprint density at radius 2 is 2.08 bits per heavy atom. The molecule has 1 aromatic carbocycles. The maximum Gasteiger partial charge on any atom is 0.269 e. The van der Waals surface area contributed by atoms with Crippen molar-refractivity contribution < 1.29 is 14.0 Å². The quantitative estimate of drug-likeness (QED) is 0.802. The van der Waals surface area contributed by atoms with Gasteiger partial charge in [-0.15, -0.1) is 0 Å². The van der Waals surface area contributed by atoms with Crippen LogP contribution < -0.4 is 5.32 Å². The van der Waals surface area contributed by atoms with Crippen LogP contribution in [0.15, 0.2) is 48.8 Å². The van der Waals surface area contributed by atoms with Gasteiger partial charge in [-0.25, -0.2) is 4.39 Å². The highest BCUT2D eigenvalue weighted by Crippen LogP contribution is 2.23. The standard InChI is InChI=1S/C18H16FN3O2/c1-12(23)22-11-13(15-10-14(19)5-6-17(15)22)7-9-21-18(24)16-4-2-3-8-20-16/h2-6,8,10-11H,7,9H2,1H3,(H,21,24). The molecule has 24 heavy (non-hydrogen) atoms. The first-order valence-electron chi connectivity index (χ1n) is 7.56. The summed E-state index contributed by atoms with van der Waals surface area (Å²) in [5.41, 5.74) is 1.81. The Bertz CT molecular complexity index is 903. The number of amides is 1. The van der Waals surface area contributed by atoms with E-state index in [2.05, 4.69) is 10.3 Å². The highest BCUT2D eigenvalue weighted by Gasteiger charge is 2.12. The lowest BCUT2D eigenvalue weighted by molar-refractivity contribution is 0.0935. The van der Waals surface area contributed by atoms with E-state index in [1.807, 2.05) is 0 Å². The van der Waals surface area contributed by atoms with E-state index in [0.29, 0.717) is 29.6 Å². The molecule has 3 aromatic rings. The minimum atomic E-state index is -0.359. The van der Waals surface area contributed by atoms with Crippen LogP contribution in [0, 0.1) is 5.82 Å². The van der Waals surface area contributed by atoms with Gasteiger partial charge in [0, 0.05) is 31.2 Å². The van der Waals surface area contributed by atoms with Gasteiger partial charge in [0.2, 0.25) is 5.91 Å². The van der Waals surface area contributed by atoms with Crippen molar-refractivity contribution in [3.63, 3.8) is 0 Å². The monoisotopic (exact) mass is 325 g/mol. The Kier molecular flexibility index (Phi) is 4.37. The number of hydrogen-bond acceptors (Lipinski definition) is 3. The zero-order valence-electron chi connectivity index (χ0n) is 13.1.